The summed E-state index contributed by atoms with van der Waals surface area (Å²) in [5, 5.41) is 0. The SMILES string of the molecule is CCOc1ccc2c(c1F)C(F)(F)C(F)(F)c1c-2ccc(C2CC=C(C)OC2)c1F. The smallest absolute Gasteiger partial charge is 0.343 e. The first-order valence-corrected chi connectivity index (χ1v) is 9.45. The molecule has 0 fully saturated rings. The van der Waals surface area contributed by atoms with Gasteiger partial charge < -0.3 is 9.47 Å². The third-order valence-corrected chi connectivity index (χ3v) is 5.53. The number of hydrogen-bond donors (Lipinski definition) is 0. The maximum Gasteiger partial charge on any atom is 0.343 e. The largest absolute Gasteiger partial charge is 0.498 e. The monoisotopic (exact) mass is 428 g/mol. The van der Waals surface area contributed by atoms with E-state index in [-0.39, 0.29) is 18.8 Å². The maximum atomic E-state index is 15.3. The highest BCUT2D eigenvalue weighted by Gasteiger charge is 2.65. The van der Waals surface area contributed by atoms with E-state index in [1.54, 1.807) is 13.0 Å². The van der Waals surface area contributed by atoms with Crippen LogP contribution in [0.25, 0.3) is 11.1 Å². The van der Waals surface area contributed by atoms with Crippen LogP contribution in [0.15, 0.2) is 36.1 Å². The number of hydrogen-bond acceptors (Lipinski definition) is 2. The Morgan fingerprint density at radius 2 is 1.57 bits per heavy atom. The first kappa shape index (κ1) is 20.6. The van der Waals surface area contributed by atoms with Crippen molar-refractivity contribution in [2.75, 3.05) is 13.2 Å². The molecule has 160 valence electrons. The summed E-state index contributed by atoms with van der Waals surface area (Å²) in [4.78, 5) is 0. The molecule has 2 aromatic carbocycles. The van der Waals surface area contributed by atoms with Gasteiger partial charge in [0.2, 0.25) is 0 Å². The summed E-state index contributed by atoms with van der Waals surface area (Å²) in [7, 11) is 0. The van der Waals surface area contributed by atoms with Gasteiger partial charge in [-0.05, 0) is 55.2 Å². The molecule has 0 spiro atoms. The summed E-state index contributed by atoms with van der Waals surface area (Å²) >= 11 is 0. The molecule has 1 unspecified atom stereocenters. The first-order chi connectivity index (χ1) is 14.1. The Morgan fingerprint density at radius 1 is 0.967 bits per heavy atom. The molecule has 1 heterocycles. The van der Waals surface area contributed by atoms with Crippen molar-refractivity contribution >= 4 is 0 Å². The summed E-state index contributed by atoms with van der Waals surface area (Å²) in [6.07, 6.45) is 2.01. The lowest BCUT2D eigenvalue weighted by Crippen LogP contribution is -2.41. The van der Waals surface area contributed by atoms with Crippen molar-refractivity contribution in [3.8, 4) is 16.9 Å². The number of benzene rings is 2. The summed E-state index contributed by atoms with van der Waals surface area (Å²) in [5.41, 5.74) is -4.00. The molecular weight excluding hydrogens is 410 g/mol. The molecule has 8 heteroatoms. The summed E-state index contributed by atoms with van der Waals surface area (Å²) in [6, 6.07) is 4.55. The number of allylic oxidation sites excluding steroid dienone is 2. The van der Waals surface area contributed by atoms with E-state index in [1.165, 1.54) is 13.0 Å². The average molecular weight is 428 g/mol. The van der Waals surface area contributed by atoms with Gasteiger partial charge in [-0.15, -0.1) is 0 Å². The molecule has 1 aliphatic carbocycles. The highest BCUT2D eigenvalue weighted by atomic mass is 19.3. The second-order valence-electron chi connectivity index (χ2n) is 7.33. The van der Waals surface area contributed by atoms with Crippen molar-refractivity contribution in [1.29, 1.82) is 0 Å². The van der Waals surface area contributed by atoms with Crippen LogP contribution in [0.3, 0.4) is 0 Å². The third-order valence-electron chi connectivity index (χ3n) is 5.53. The van der Waals surface area contributed by atoms with Crippen LogP contribution < -0.4 is 4.74 Å². The Hall–Kier alpha value is -2.64. The van der Waals surface area contributed by atoms with Crippen molar-refractivity contribution in [2.45, 2.75) is 38.0 Å². The average Bonchev–Trinajstić information content (AvgIpc) is 2.68. The van der Waals surface area contributed by atoms with E-state index in [0.717, 1.165) is 18.2 Å². The van der Waals surface area contributed by atoms with Gasteiger partial charge in [0.15, 0.2) is 11.6 Å². The first-order valence-electron chi connectivity index (χ1n) is 9.45. The molecule has 0 bridgehead atoms. The number of ether oxygens (including phenoxy) is 2. The van der Waals surface area contributed by atoms with Gasteiger partial charge in [-0.3, -0.25) is 0 Å². The van der Waals surface area contributed by atoms with Crippen LogP contribution in [0.2, 0.25) is 0 Å². The lowest BCUT2D eigenvalue weighted by atomic mass is 9.77. The summed E-state index contributed by atoms with van der Waals surface area (Å²) < 4.78 is 100. The van der Waals surface area contributed by atoms with Crippen molar-refractivity contribution < 1.29 is 35.8 Å². The van der Waals surface area contributed by atoms with E-state index in [4.69, 9.17) is 9.47 Å². The van der Waals surface area contributed by atoms with Crippen LogP contribution in [-0.4, -0.2) is 13.2 Å². The fourth-order valence-electron chi connectivity index (χ4n) is 3.99. The van der Waals surface area contributed by atoms with Crippen LogP contribution in [-0.2, 0) is 16.6 Å². The van der Waals surface area contributed by atoms with E-state index in [0.29, 0.717) is 12.2 Å². The van der Waals surface area contributed by atoms with Gasteiger partial charge in [0, 0.05) is 5.92 Å². The third kappa shape index (κ3) is 2.80. The lowest BCUT2D eigenvalue weighted by Gasteiger charge is -2.36. The summed E-state index contributed by atoms with van der Waals surface area (Å²) in [6.45, 7) is 3.21. The van der Waals surface area contributed by atoms with Gasteiger partial charge in [0.25, 0.3) is 0 Å². The van der Waals surface area contributed by atoms with E-state index in [2.05, 4.69) is 0 Å². The predicted molar refractivity (Wildman–Crippen MR) is 97.8 cm³/mol. The Morgan fingerprint density at radius 3 is 2.13 bits per heavy atom. The molecule has 0 aromatic heterocycles. The molecule has 30 heavy (non-hydrogen) atoms. The molecule has 0 amide bonds. The van der Waals surface area contributed by atoms with Crippen LogP contribution in [0.1, 0.15) is 42.9 Å². The lowest BCUT2D eigenvalue weighted by molar-refractivity contribution is -0.228. The minimum atomic E-state index is -4.97. The molecule has 2 aliphatic rings. The van der Waals surface area contributed by atoms with Gasteiger partial charge >= 0.3 is 11.8 Å². The minimum absolute atomic E-state index is 0.0381. The second-order valence-corrected chi connectivity index (χ2v) is 7.33. The van der Waals surface area contributed by atoms with Gasteiger partial charge in [-0.2, -0.15) is 17.6 Å². The van der Waals surface area contributed by atoms with Gasteiger partial charge in [-0.1, -0.05) is 12.1 Å². The molecule has 1 atom stereocenters. The second kappa shape index (κ2) is 6.96. The Bertz CT molecular complexity index is 1040. The van der Waals surface area contributed by atoms with Gasteiger partial charge in [0.1, 0.15) is 5.82 Å². The van der Waals surface area contributed by atoms with Crippen molar-refractivity contribution in [3.05, 3.63) is 64.4 Å². The van der Waals surface area contributed by atoms with Crippen molar-refractivity contribution in [2.24, 2.45) is 0 Å². The fraction of sp³-hybridized carbons (Fsp3) is 0.364. The quantitative estimate of drug-likeness (QED) is 0.511. The number of alkyl halides is 4. The molecule has 2 nitrogen and oxygen atoms in total. The Kier molecular flexibility index (Phi) is 4.78. The minimum Gasteiger partial charge on any atom is -0.498 e. The molecule has 1 aliphatic heterocycles. The van der Waals surface area contributed by atoms with Gasteiger partial charge in [0.05, 0.1) is 30.1 Å². The maximum absolute atomic E-state index is 15.3. The highest BCUT2D eigenvalue weighted by Crippen LogP contribution is 2.60. The zero-order valence-electron chi connectivity index (χ0n) is 16.2. The summed E-state index contributed by atoms with van der Waals surface area (Å²) in [5.74, 6) is -13.4. The molecule has 2 aromatic rings. The Balaban J connectivity index is 1.95. The van der Waals surface area contributed by atoms with Crippen LogP contribution in [0.4, 0.5) is 26.3 Å². The van der Waals surface area contributed by atoms with E-state index in [9.17, 15) is 22.0 Å². The molecule has 0 saturated carbocycles. The standard InChI is InChI=1S/C22H18F6O2/c1-3-29-16-9-8-15-14-7-6-13(12-5-4-11(2)30-10-12)19(23)17(14)21(25,26)22(27,28)18(15)20(16)24/h4,6-9,12H,3,5,10H2,1-2H3. The Labute approximate surface area is 169 Å². The predicted octanol–water partition coefficient (Wildman–Crippen LogP) is 6.64. The normalized spacial score (nSPS) is 21.2. The number of halogens is 6. The van der Waals surface area contributed by atoms with Crippen molar-refractivity contribution in [3.63, 3.8) is 0 Å². The molecule has 4 rings (SSSR count). The van der Waals surface area contributed by atoms with Crippen LogP contribution in [0.5, 0.6) is 5.75 Å². The van der Waals surface area contributed by atoms with Crippen LogP contribution >= 0.6 is 0 Å². The zero-order valence-corrected chi connectivity index (χ0v) is 16.2. The van der Waals surface area contributed by atoms with Crippen LogP contribution in [0, 0.1) is 11.6 Å². The van der Waals surface area contributed by atoms with Gasteiger partial charge in [-0.25, -0.2) is 8.78 Å². The van der Waals surface area contributed by atoms with Crippen molar-refractivity contribution in [1.82, 2.24) is 0 Å². The molecular formula is C22H18F6O2. The van der Waals surface area contributed by atoms with E-state index < -0.39 is 57.4 Å². The number of rotatable bonds is 3. The highest BCUT2D eigenvalue weighted by molar-refractivity contribution is 5.77. The zero-order chi connectivity index (χ0) is 21.8. The fourth-order valence-corrected chi connectivity index (χ4v) is 3.99. The molecule has 0 N–H and O–H groups in total. The number of fused-ring (bicyclic) bond motifs is 3. The molecule has 0 saturated heterocycles. The molecule has 0 radical (unpaired) electrons. The topological polar surface area (TPSA) is 18.5 Å². The van der Waals surface area contributed by atoms with E-state index in [1.807, 2.05) is 0 Å². The van der Waals surface area contributed by atoms with E-state index >= 15 is 4.39 Å².